The number of nitrogens with zero attached hydrogens (tertiary/aromatic N) is 2. The fourth-order valence-corrected chi connectivity index (χ4v) is 5.79. The fraction of sp³-hybridized carbons (Fsp3) is 0.364. The standard InChI is InChI=1S/C22H28N2O6S2/c1-2-29-17-18-30-21-8-10-22(11-9-21)32(27,28)24-15-13-23(14-16-24)31(25,26)19-12-20-6-4-3-5-7-20/h3-12,19H,2,13-18H2,1H3/b19-12+. The van der Waals surface area contributed by atoms with Crippen LogP contribution in [0.2, 0.25) is 0 Å². The monoisotopic (exact) mass is 480 g/mol. The van der Waals surface area contributed by atoms with Crippen LogP contribution >= 0.6 is 0 Å². The van der Waals surface area contributed by atoms with Crippen molar-refractivity contribution >= 4 is 26.1 Å². The third-order valence-electron chi connectivity index (χ3n) is 4.95. The van der Waals surface area contributed by atoms with Crippen molar-refractivity contribution in [3.05, 3.63) is 65.6 Å². The largest absolute Gasteiger partial charge is 0.491 e. The Morgan fingerprint density at radius 1 is 0.844 bits per heavy atom. The molecule has 32 heavy (non-hydrogen) atoms. The van der Waals surface area contributed by atoms with Gasteiger partial charge < -0.3 is 9.47 Å². The Hall–Kier alpha value is -2.24. The molecule has 0 bridgehead atoms. The fourth-order valence-electron chi connectivity index (χ4n) is 3.20. The van der Waals surface area contributed by atoms with E-state index in [9.17, 15) is 16.8 Å². The number of benzene rings is 2. The second-order valence-corrected chi connectivity index (χ2v) is 10.8. The molecule has 0 radical (unpaired) electrons. The first-order valence-electron chi connectivity index (χ1n) is 10.4. The molecule has 0 unspecified atom stereocenters. The third-order valence-corrected chi connectivity index (χ3v) is 8.43. The molecule has 1 aliphatic heterocycles. The highest BCUT2D eigenvalue weighted by Gasteiger charge is 2.32. The molecule has 0 aliphatic carbocycles. The molecule has 8 nitrogen and oxygen atoms in total. The summed E-state index contributed by atoms with van der Waals surface area (Å²) >= 11 is 0. The minimum Gasteiger partial charge on any atom is -0.491 e. The molecule has 174 valence electrons. The van der Waals surface area contributed by atoms with Crippen molar-refractivity contribution in [1.29, 1.82) is 0 Å². The van der Waals surface area contributed by atoms with Gasteiger partial charge in [-0.05, 0) is 42.8 Å². The van der Waals surface area contributed by atoms with Gasteiger partial charge in [-0.2, -0.15) is 8.61 Å². The van der Waals surface area contributed by atoms with Gasteiger partial charge in [0.15, 0.2) is 0 Å². The van der Waals surface area contributed by atoms with Gasteiger partial charge in [0.05, 0.1) is 11.5 Å². The van der Waals surface area contributed by atoms with Crippen LogP contribution in [0, 0.1) is 0 Å². The predicted molar refractivity (Wildman–Crippen MR) is 123 cm³/mol. The van der Waals surface area contributed by atoms with E-state index in [0.29, 0.717) is 25.6 Å². The molecule has 2 aromatic carbocycles. The molecule has 1 fully saturated rings. The molecular weight excluding hydrogens is 452 g/mol. The van der Waals surface area contributed by atoms with Crippen molar-refractivity contribution in [2.75, 3.05) is 46.0 Å². The summed E-state index contributed by atoms with van der Waals surface area (Å²) in [6.45, 7) is 3.73. The minimum absolute atomic E-state index is 0.0906. The minimum atomic E-state index is -3.72. The molecule has 0 saturated carbocycles. The summed E-state index contributed by atoms with van der Waals surface area (Å²) in [5, 5.41) is 1.16. The zero-order chi connectivity index (χ0) is 23.0. The molecule has 2 aromatic rings. The summed E-state index contributed by atoms with van der Waals surface area (Å²) in [5.74, 6) is 0.560. The summed E-state index contributed by atoms with van der Waals surface area (Å²) in [7, 11) is -7.35. The van der Waals surface area contributed by atoms with Crippen LogP contribution in [0.4, 0.5) is 0 Å². The molecule has 0 amide bonds. The molecule has 0 atom stereocenters. The van der Waals surface area contributed by atoms with Gasteiger partial charge in [0.1, 0.15) is 12.4 Å². The zero-order valence-electron chi connectivity index (χ0n) is 18.0. The van der Waals surface area contributed by atoms with Crippen molar-refractivity contribution in [2.24, 2.45) is 0 Å². The highest BCUT2D eigenvalue weighted by atomic mass is 32.2. The normalized spacial score (nSPS) is 16.4. The van der Waals surface area contributed by atoms with Crippen LogP contribution in [0.3, 0.4) is 0 Å². The lowest BCUT2D eigenvalue weighted by Gasteiger charge is -2.32. The van der Waals surface area contributed by atoms with Gasteiger partial charge in [-0.15, -0.1) is 0 Å². The number of sulfonamides is 2. The van der Waals surface area contributed by atoms with Crippen molar-refractivity contribution in [1.82, 2.24) is 8.61 Å². The number of ether oxygens (including phenoxy) is 2. The summed E-state index contributed by atoms with van der Waals surface area (Å²) in [4.78, 5) is 0.148. The van der Waals surface area contributed by atoms with E-state index in [1.165, 1.54) is 26.8 Å². The first-order valence-corrected chi connectivity index (χ1v) is 13.3. The van der Waals surface area contributed by atoms with Gasteiger partial charge in [0.25, 0.3) is 0 Å². The average Bonchev–Trinajstić information content (AvgIpc) is 2.82. The Kier molecular flexibility index (Phi) is 8.44. The summed E-state index contributed by atoms with van der Waals surface area (Å²) < 4.78 is 64.4. The lowest BCUT2D eigenvalue weighted by atomic mass is 10.2. The Labute approximate surface area is 190 Å². The molecule has 0 spiro atoms. The number of hydrogen-bond donors (Lipinski definition) is 0. The lowest BCUT2D eigenvalue weighted by Crippen LogP contribution is -2.49. The molecule has 1 saturated heterocycles. The Morgan fingerprint density at radius 2 is 1.47 bits per heavy atom. The van der Waals surface area contributed by atoms with Crippen molar-refractivity contribution in [3.63, 3.8) is 0 Å². The Morgan fingerprint density at radius 3 is 2.09 bits per heavy atom. The SMILES string of the molecule is CCOCCOc1ccc(S(=O)(=O)N2CCN(S(=O)(=O)/C=C/c3ccccc3)CC2)cc1. The number of rotatable bonds is 10. The van der Waals surface area contributed by atoms with E-state index >= 15 is 0 Å². The van der Waals surface area contributed by atoms with E-state index < -0.39 is 20.0 Å². The number of piperazine rings is 1. The molecule has 0 N–H and O–H groups in total. The van der Waals surface area contributed by atoms with E-state index in [4.69, 9.17) is 9.47 Å². The predicted octanol–water partition coefficient (Wildman–Crippen LogP) is 2.41. The summed E-state index contributed by atoms with van der Waals surface area (Å²) in [6.07, 6.45) is 1.54. The van der Waals surface area contributed by atoms with E-state index in [-0.39, 0.29) is 31.1 Å². The topological polar surface area (TPSA) is 93.2 Å². The third kappa shape index (κ3) is 6.39. The highest BCUT2D eigenvalue weighted by Crippen LogP contribution is 2.22. The second-order valence-electron chi connectivity index (χ2n) is 7.08. The molecule has 0 aromatic heterocycles. The Bertz CT molecular complexity index is 1090. The van der Waals surface area contributed by atoms with Crippen molar-refractivity contribution in [2.45, 2.75) is 11.8 Å². The second kappa shape index (κ2) is 11.1. The van der Waals surface area contributed by atoms with Crippen molar-refractivity contribution < 1.29 is 26.3 Å². The van der Waals surface area contributed by atoms with E-state index in [1.807, 2.05) is 37.3 Å². The van der Waals surface area contributed by atoms with E-state index in [0.717, 1.165) is 11.0 Å². The van der Waals surface area contributed by atoms with Crippen molar-refractivity contribution in [3.8, 4) is 5.75 Å². The zero-order valence-corrected chi connectivity index (χ0v) is 19.6. The van der Waals surface area contributed by atoms with Gasteiger partial charge >= 0.3 is 0 Å². The summed E-state index contributed by atoms with van der Waals surface area (Å²) in [5.41, 5.74) is 0.780. The molecule has 10 heteroatoms. The van der Waals surface area contributed by atoms with Crippen LogP contribution in [0.1, 0.15) is 12.5 Å². The first kappa shape index (κ1) is 24.4. The maximum atomic E-state index is 12.9. The summed E-state index contributed by atoms with van der Waals surface area (Å²) in [6, 6.07) is 15.3. The first-order chi connectivity index (χ1) is 15.3. The quantitative estimate of drug-likeness (QED) is 0.485. The smallest absolute Gasteiger partial charge is 0.243 e. The van der Waals surface area contributed by atoms with Crippen LogP contribution in [0.5, 0.6) is 5.75 Å². The number of hydrogen-bond acceptors (Lipinski definition) is 6. The molecule has 1 aliphatic rings. The Balaban J connectivity index is 1.58. The maximum absolute atomic E-state index is 12.9. The van der Waals surface area contributed by atoms with Gasteiger partial charge in [0, 0.05) is 38.2 Å². The molecule has 3 rings (SSSR count). The van der Waals surface area contributed by atoms with E-state index in [2.05, 4.69) is 0 Å². The van der Waals surface area contributed by atoms with Gasteiger partial charge in [0.2, 0.25) is 20.0 Å². The van der Waals surface area contributed by atoms with Gasteiger partial charge in [-0.3, -0.25) is 0 Å². The van der Waals surface area contributed by atoms with Gasteiger partial charge in [-0.25, -0.2) is 16.8 Å². The van der Waals surface area contributed by atoms with Crippen LogP contribution in [-0.2, 0) is 24.8 Å². The van der Waals surface area contributed by atoms with Crippen LogP contribution in [0.25, 0.3) is 6.08 Å². The van der Waals surface area contributed by atoms with Gasteiger partial charge in [-0.1, -0.05) is 30.3 Å². The van der Waals surface area contributed by atoms with Crippen LogP contribution in [-0.4, -0.2) is 71.4 Å². The molecular formula is C22H28N2O6S2. The molecule has 1 heterocycles. The van der Waals surface area contributed by atoms with Crippen LogP contribution < -0.4 is 4.74 Å². The van der Waals surface area contributed by atoms with Crippen LogP contribution in [0.15, 0.2) is 64.9 Å². The highest BCUT2D eigenvalue weighted by molar-refractivity contribution is 7.92. The van der Waals surface area contributed by atoms with E-state index in [1.54, 1.807) is 12.1 Å². The maximum Gasteiger partial charge on any atom is 0.243 e. The lowest BCUT2D eigenvalue weighted by molar-refractivity contribution is 0.110. The average molecular weight is 481 g/mol.